The molecule has 5 rings (SSSR count). The maximum absolute atomic E-state index is 12.8. The standard InChI is InChI=1S/C25H20N4O4S/c26-14-18(25(30)27-20-10-11-34(31,32)16-20)12-19-15-29(21-7-2-1-3-8-21)28-24(19)23-13-17-6-4-5-9-22(17)33-23/h1-9,12-13,15,20H,10-11,16H2,(H,27,30)/b18-12+/t20-/m1/s1. The van der Waals surface area contributed by atoms with Crippen molar-refractivity contribution in [1.82, 2.24) is 15.1 Å². The van der Waals surface area contributed by atoms with Crippen molar-refractivity contribution in [2.24, 2.45) is 0 Å². The minimum Gasteiger partial charge on any atom is -0.454 e. The first-order valence-electron chi connectivity index (χ1n) is 10.7. The van der Waals surface area contributed by atoms with E-state index in [2.05, 4.69) is 10.4 Å². The molecule has 0 radical (unpaired) electrons. The molecule has 2 aromatic heterocycles. The van der Waals surface area contributed by atoms with Gasteiger partial charge in [-0.25, -0.2) is 13.1 Å². The number of aromatic nitrogens is 2. The topological polar surface area (TPSA) is 118 Å². The van der Waals surface area contributed by atoms with Crippen LogP contribution in [0.1, 0.15) is 12.0 Å². The summed E-state index contributed by atoms with van der Waals surface area (Å²) in [5.74, 6) is -0.202. The number of carbonyl (C=O) groups is 1. The molecule has 170 valence electrons. The van der Waals surface area contributed by atoms with Gasteiger partial charge in [0.15, 0.2) is 15.6 Å². The molecular formula is C25H20N4O4S. The van der Waals surface area contributed by atoms with Crippen molar-refractivity contribution in [3.05, 3.63) is 78.0 Å². The van der Waals surface area contributed by atoms with Gasteiger partial charge in [0.2, 0.25) is 0 Å². The Balaban J connectivity index is 1.54. The van der Waals surface area contributed by atoms with E-state index in [0.717, 1.165) is 11.1 Å². The smallest absolute Gasteiger partial charge is 0.262 e. The molecule has 4 aromatic rings. The van der Waals surface area contributed by atoms with Crippen LogP contribution in [0.25, 0.3) is 34.2 Å². The zero-order valence-corrected chi connectivity index (χ0v) is 18.8. The van der Waals surface area contributed by atoms with Crippen molar-refractivity contribution < 1.29 is 17.6 Å². The lowest BCUT2D eigenvalue weighted by Gasteiger charge is -2.09. The third kappa shape index (κ3) is 4.36. The summed E-state index contributed by atoms with van der Waals surface area (Å²) >= 11 is 0. The van der Waals surface area contributed by atoms with Gasteiger partial charge < -0.3 is 9.73 Å². The van der Waals surface area contributed by atoms with Crippen LogP contribution in [-0.2, 0) is 14.6 Å². The predicted octanol–water partition coefficient (Wildman–Crippen LogP) is 3.50. The maximum atomic E-state index is 12.8. The number of furan rings is 1. The Morgan fingerprint density at radius 1 is 1.18 bits per heavy atom. The lowest BCUT2D eigenvalue weighted by Crippen LogP contribution is -2.36. The van der Waals surface area contributed by atoms with Crippen LogP contribution in [0.5, 0.6) is 0 Å². The van der Waals surface area contributed by atoms with E-state index in [9.17, 15) is 18.5 Å². The highest BCUT2D eigenvalue weighted by Gasteiger charge is 2.29. The van der Waals surface area contributed by atoms with Crippen LogP contribution >= 0.6 is 0 Å². The maximum Gasteiger partial charge on any atom is 0.262 e. The summed E-state index contributed by atoms with van der Waals surface area (Å²) in [6, 6.07) is 20.3. The molecule has 0 saturated carbocycles. The number of nitrogens with zero attached hydrogens (tertiary/aromatic N) is 3. The van der Waals surface area contributed by atoms with Gasteiger partial charge >= 0.3 is 0 Å². The molecule has 0 spiro atoms. The first-order valence-corrected chi connectivity index (χ1v) is 12.5. The summed E-state index contributed by atoms with van der Waals surface area (Å²) < 4.78 is 31.1. The molecule has 1 fully saturated rings. The SMILES string of the molecule is N#C/C(=C\c1cn(-c2ccccc2)nc1-c1cc2ccccc2o1)C(=O)N[C@@H]1CCS(=O)(=O)C1. The fraction of sp³-hybridized carbons (Fsp3) is 0.160. The Morgan fingerprint density at radius 2 is 1.94 bits per heavy atom. The Bertz CT molecular complexity index is 1530. The van der Waals surface area contributed by atoms with Gasteiger partial charge in [0.25, 0.3) is 5.91 Å². The van der Waals surface area contributed by atoms with Crippen LogP contribution in [-0.4, -0.2) is 41.7 Å². The van der Waals surface area contributed by atoms with Crippen LogP contribution in [0.15, 0.2) is 76.9 Å². The summed E-state index contributed by atoms with van der Waals surface area (Å²) in [6.07, 6.45) is 3.51. The summed E-state index contributed by atoms with van der Waals surface area (Å²) in [7, 11) is -3.16. The van der Waals surface area contributed by atoms with Crippen LogP contribution in [0.3, 0.4) is 0 Å². The average molecular weight is 473 g/mol. The third-order valence-corrected chi connectivity index (χ3v) is 7.42. The van der Waals surface area contributed by atoms with Gasteiger partial charge in [-0.3, -0.25) is 4.79 Å². The lowest BCUT2D eigenvalue weighted by atomic mass is 10.1. The fourth-order valence-corrected chi connectivity index (χ4v) is 5.65. The first kappa shape index (κ1) is 21.7. The van der Waals surface area contributed by atoms with E-state index >= 15 is 0 Å². The molecule has 9 heteroatoms. The van der Waals surface area contributed by atoms with E-state index < -0.39 is 21.8 Å². The van der Waals surface area contributed by atoms with Gasteiger partial charge in [-0.2, -0.15) is 10.4 Å². The van der Waals surface area contributed by atoms with E-state index in [1.54, 1.807) is 10.9 Å². The number of benzene rings is 2. The van der Waals surface area contributed by atoms with Gasteiger partial charge in [-0.15, -0.1) is 0 Å². The molecule has 8 nitrogen and oxygen atoms in total. The van der Waals surface area contributed by atoms with Crippen molar-refractivity contribution in [3.63, 3.8) is 0 Å². The molecule has 0 unspecified atom stereocenters. The molecule has 1 saturated heterocycles. The van der Waals surface area contributed by atoms with Gasteiger partial charge in [0, 0.05) is 23.2 Å². The number of carbonyl (C=O) groups excluding carboxylic acids is 1. The summed E-state index contributed by atoms with van der Waals surface area (Å²) in [6.45, 7) is 0. The molecule has 1 aliphatic heterocycles. The van der Waals surface area contributed by atoms with Gasteiger partial charge in [0.05, 0.1) is 17.2 Å². The highest BCUT2D eigenvalue weighted by Crippen LogP contribution is 2.31. The molecule has 1 aliphatic rings. The summed E-state index contributed by atoms with van der Waals surface area (Å²) in [5.41, 5.74) is 2.35. The third-order valence-electron chi connectivity index (χ3n) is 5.65. The predicted molar refractivity (Wildman–Crippen MR) is 128 cm³/mol. The number of nitrogens with one attached hydrogen (secondary N) is 1. The van der Waals surface area contributed by atoms with Crippen molar-refractivity contribution >= 4 is 32.8 Å². The van der Waals surface area contributed by atoms with E-state index in [0.29, 0.717) is 29.0 Å². The summed E-state index contributed by atoms with van der Waals surface area (Å²) in [5, 5.41) is 17.9. The summed E-state index contributed by atoms with van der Waals surface area (Å²) in [4.78, 5) is 12.8. The quantitative estimate of drug-likeness (QED) is 0.351. The van der Waals surface area contributed by atoms with E-state index in [1.807, 2.05) is 66.7 Å². The van der Waals surface area contributed by atoms with Gasteiger partial charge in [-0.05, 0) is 36.8 Å². The minimum atomic E-state index is -3.16. The second-order valence-electron chi connectivity index (χ2n) is 8.10. The van der Waals surface area contributed by atoms with Crippen molar-refractivity contribution in [2.45, 2.75) is 12.5 Å². The number of amides is 1. The number of fused-ring (bicyclic) bond motifs is 1. The Kier molecular flexibility index (Phi) is 5.51. The molecule has 1 atom stereocenters. The van der Waals surface area contributed by atoms with Crippen LogP contribution in [0.4, 0.5) is 0 Å². The highest BCUT2D eigenvalue weighted by molar-refractivity contribution is 7.91. The van der Waals surface area contributed by atoms with E-state index in [4.69, 9.17) is 4.42 Å². The molecule has 34 heavy (non-hydrogen) atoms. The molecule has 3 heterocycles. The van der Waals surface area contributed by atoms with Gasteiger partial charge in [-0.1, -0.05) is 36.4 Å². The van der Waals surface area contributed by atoms with Crippen molar-refractivity contribution in [3.8, 4) is 23.2 Å². The molecular weight excluding hydrogens is 452 g/mol. The Labute approximate surface area is 196 Å². The molecule has 0 aliphatic carbocycles. The average Bonchev–Trinajstić information content (AvgIpc) is 3.53. The Morgan fingerprint density at radius 3 is 2.65 bits per heavy atom. The first-order chi connectivity index (χ1) is 16.4. The van der Waals surface area contributed by atoms with Crippen LogP contribution in [0, 0.1) is 11.3 Å². The normalized spacial score (nSPS) is 17.5. The van der Waals surface area contributed by atoms with Crippen LogP contribution < -0.4 is 5.32 Å². The number of nitriles is 1. The van der Waals surface area contributed by atoms with Crippen molar-refractivity contribution in [2.75, 3.05) is 11.5 Å². The number of hydrogen-bond donors (Lipinski definition) is 1. The second kappa shape index (κ2) is 8.65. The number of sulfone groups is 1. The van der Waals surface area contributed by atoms with E-state index in [1.165, 1.54) is 6.08 Å². The molecule has 1 N–H and O–H groups in total. The second-order valence-corrected chi connectivity index (χ2v) is 10.3. The zero-order chi connectivity index (χ0) is 23.7. The van der Waals surface area contributed by atoms with Crippen LogP contribution in [0.2, 0.25) is 0 Å². The highest BCUT2D eigenvalue weighted by atomic mass is 32.2. The molecule has 0 bridgehead atoms. The monoisotopic (exact) mass is 472 g/mol. The number of hydrogen-bond acceptors (Lipinski definition) is 6. The fourth-order valence-electron chi connectivity index (χ4n) is 3.97. The lowest BCUT2D eigenvalue weighted by molar-refractivity contribution is -0.117. The minimum absolute atomic E-state index is 0.0313. The zero-order valence-electron chi connectivity index (χ0n) is 18.0. The van der Waals surface area contributed by atoms with Gasteiger partial charge in [0.1, 0.15) is 22.9 Å². The number of rotatable bonds is 5. The molecule has 2 aromatic carbocycles. The Hall–Kier alpha value is -4.16. The van der Waals surface area contributed by atoms with E-state index in [-0.39, 0.29) is 17.1 Å². The largest absolute Gasteiger partial charge is 0.454 e. The number of para-hydroxylation sites is 2. The molecule has 1 amide bonds. The van der Waals surface area contributed by atoms with Crippen molar-refractivity contribution in [1.29, 1.82) is 5.26 Å².